The molecule has 1 aromatic carbocycles. The Balaban J connectivity index is 1.65. The molecule has 2 amide bonds. The number of aromatic hydroxyl groups is 1. The molecule has 2 heterocycles. The van der Waals surface area contributed by atoms with Gasteiger partial charge in [0.05, 0.1) is 5.56 Å². The fourth-order valence-electron chi connectivity index (χ4n) is 3.67. The SMILES string of the molecule is CC(=O)Nc1ccc(C(=O)N2CC[C@H](N3CCCCC3)C2)c(O)c1. The van der Waals surface area contributed by atoms with E-state index in [4.69, 9.17) is 0 Å². The molecule has 0 aromatic heterocycles. The monoisotopic (exact) mass is 331 g/mol. The molecule has 0 aliphatic carbocycles. The lowest BCUT2D eigenvalue weighted by Gasteiger charge is -2.32. The van der Waals surface area contributed by atoms with Gasteiger partial charge in [0.1, 0.15) is 5.75 Å². The van der Waals surface area contributed by atoms with Crippen LogP contribution < -0.4 is 5.32 Å². The molecule has 2 saturated heterocycles. The Labute approximate surface area is 142 Å². The second-order valence-electron chi connectivity index (χ2n) is 6.70. The Bertz CT molecular complexity index is 626. The van der Waals surface area contributed by atoms with Crippen LogP contribution in [0.25, 0.3) is 0 Å². The number of hydrogen-bond acceptors (Lipinski definition) is 4. The maximum absolute atomic E-state index is 12.7. The zero-order chi connectivity index (χ0) is 17.1. The third-order valence-corrected chi connectivity index (χ3v) is 4.91. The highest BCUT2D eigenvalue weighted by Gasteiger charge is 2.32. The molecule has 0 bridgehead atoms. The summed E-state index contributed by atoms with van der Waals surface area (Å²) in [7, 11) is 0. The van der Waals surface area contributed by atoms with Crippen molar-refractivity contribution in [3.8, 4) is 5.75 Å². The third kappa shape index (κ3) is 3.70. The van der Waals surface area contributed by atoms with E-state index >= 15 is 0 Å². The predicted molar refractivity (Wildman–Crippen MR) is 92.1 cm³/mol. The fraction of sp³-hybridized carbons (Fsp3) is 0.556. The Hall–Kier alpha value is -2.08. The number of phenols is 1. The summed E-state index contributed by atoms with van der Waals surface area (Å²) in [5.74, 6) is -0.438. The summed E-state index contributed by atoms with van der Waals surface area (Å²) in [6.07, 6.45) is 4.79. The molecule has 2 aliphatic heterocycles. The maximum atomic E-state index is 12.7. The van der Waals surface area contributed by atoms with Gasteiger partial charge in [-0.3, -0.25) is 14.5 Å². The highest BCUT2D eigenvalue weighted by atomic mass is 16.3. The molecule has 3 rings (SSSR count). The number of hydrogen-bond donors (Lipinski definition) is 2. The van der Waals surface area contributed by atoms with Crippen molar-refractivity contribution < 1.29 is 14.7 Å². The molecule has 2 fully saturated rings. The van der Waals surface area contributed by atoms with Crippen molar-refractivity contribution in [1.82, 2.24) is 9.80 Å². The van der Waals surface area contributed by atoms with E-state index in [1.54, 1.807) is 12.1 Å². The third-order valence-electron chi connectivity index (χ3n) is 4.91. The molecular weight excluding hydrogens is 306 g/mol. The van der Waals surface area contributed by atoms with Crippen LogP contribution in [0.2, 0.25) is 0 Å². The second kappa shape index (κ2) is 7.21. The molecular formula is C18H25N3O3. The van der Waals surface area contributed by atoms with Crippen molar-refractivity contribution in [3.05, 3.63) is 23.8 Å². The molecule has 1 aromatic rings. The molecule has 6 nitrogen and oxygen atoms in total. The topological polar surface area (TPSA) is 72.9 Å². The van der Waals surface area contributed by atoms with E-state index in [0.29, 0.717) is 17.3 Å². The van der Waals surface area contributed by atoms with Gasteiger partial charge in [-0.2, -0.15) is 0 Å². The molecule has 2 aliphatic rings. The van der Waals surface area contributed by atoms with Gasteiger partial charge in [-0.15, -0.1) is 0 Å². The van der Waals surface area contributed by atoms with Gasteiger partial charge in [0, 0.05) is 37.8 Å². The van der Waals surface area contributed by atoms with E-state index in [9.17, 15) is 14.7 Å². The zero-order valence-corrected chi connectivity index (χ0v) is 14.1. The quantitative estimate of drug-likeness (QED) is 0.889. The van der Waals surface area contributed by atoms with Crippen molar-refractivity contribution >= 4 is 17.5 Å². The van der Waals surface area contributed by atoms with E-state index in [1.165, 1.54) is 32.3 Å². The molecule has 0 unspecified atom stereocenters. The number of likely N-dealkylation sites (tertiary alicyclic amines) is 2. The average Bonchev–Trinajstić information content (AvgIpc) is 3.05. The number of piperidine rings is 1. The zero-order valence-electron chi connectivity index (χ0n) is 14.1. The first-order valence-electron chi connectivity index (χ1n) is 8.68. The number of rotatable bonds is 3. The van der Waals surface area contributed by atoms with E-state index < -0.39 is 0 Å². The Morgan fingerprint density at radius 1 is 1.17 bits per heavy atom. The van der Waals surface area contributed by atoms with Crippen LogP contribution in [0.15, 0.2) is 18.2 Å². The summed E-state index contributed by atoms with van der Waals surface area (Å²) < 4.78 is 0. The number of carbonyl (C=O) groups excluding carboxylic acids is 2. The van der Waals surface area contributed by atoms with Crippen molar-refractivity contribution in [3.63, 3.8) is 0 Å². The minimum absolute atomic E-state index is 0.0901. The minimum atomic E-state index is -0.211. The van der Waals surface area contributed by atoms with Crippen molar-refractivity contribution in [1.29, 1.82) is 0 Å². The number of carbonyl (C=O) groups is 2. The lowest BCUT2D eigenvalue weighted by molar-refractivity contribution is -0.114. The van der Waals surface area contributed by atoms with Gasteiger partial charge < -0.3 is 15.3 Å². The molecule has 0 radical (unpaired) electrons. The van der Waals surface area contributed by atoms with E-state index in [1.807, 2.05) is 4.90 Å². The van der Waals surface area contributed by atoms with Crippen molar-refractivity contribution in [2.45, 2.75) is 38.6 Å². The van der Waals surface area contributed by atoms with Crippen molar-refractivity contribution in [2.24, 2.45) is 0 Å². The number of benzene rings is 1. The Morgan fingerprint density at radius 2 is 1.92 bits per heavy atom. The number of anilines is 1. The fourth-order valence-corrected chi connectivity index (χ4v) is 3.67. The van der Waals surface area contributed by atoms with Crippen molar-refractivity contribution in [2.75, 3.05) is 31.5 Å². The Kier molecular flexibility index (Phi) is 5.04. The first kappa shape index (κ1) is 16.8. The van der Waals surface area contributed by atoms with Crippen LogP contribution >= 0.6 is 0 Å². The van der Waals surface area contributed by atoms with Gasteiger partial charge in [0.15, 0.2) is 0 Å². The molecule has 0 saturated carbocycles. The number of amides is 2. The summed E-state index contributed by atoms with van der Waals surface area (Å²) in [4.78, 5) is 28.1. The largest absolute Gasteiger partial charge is 0.507 e. The molecule has 130 valence electrons. The summed E-state index contributed by atoms with van der Waals surface area (Å²) in [6, 6.07) is 5.09. The van der Waals surface area contributed by atoms with Crippen LogP contribution in [0.4, 0.5) is 5.69 Å². The summed E-state index contributed by atoms with van der Waals surface area (Å²) in [5.41, 5.74) is 0.785. The molecule has 1 atom stereocenters. The summed E-state index contributed by atoms with van der Waals surface area (Å²) in [6.45, 7) is 5.12. The summed E-state index contributed by atoms with van der Waals surface area (Å²) >= 11 is 0. The van der Waals surface area contributed by atoms with E-state index in [-0.39, 0.29) is 17.6 Å². The van der Waals surface area contributed by atoms with Crippen LogP contribution in [-0.2, 0) is 4.79 Å². The first-order chi connectivity index (χ1) is 11.5. The molecule has 6 heteroatoms. The maximum Gasteiger partial charge on any atom is 0.257 e. The summed E-state index contributed by atoms with van der Waals surface area (Å²) in [5, 5.41) is 12.7. The van der Waals surface area contributed by atoms with Crippen LogP contribution in [0.3, 0.4) is 0 Å². The molecule has 2 N–H and O–H groups in total. The van der Waals surface area contributed by atoms with E-state index in [0.717, 1.165) is 32.6 Å². The lowest BCUT2D eigenvalue weighted by Crippen LogP contribution is -2.41. The smallest absolute Gasteiger partial charge is 0.257 e. The van der Waals surface area contributed by atoms with Crippen LogP contribution in [-0.4, -0.2) is 58.9 Å². The Morgan fingerprint density at radius 3 is 2.58 bits per heavy atom. The highest BCUT2D eigenvalue weighted by molar-refractivity contribution is 5.98. The number of nitrogens with zero attached hydrogens (tertiary/aromatic N) is 2. The second-order valence-corrected chi connectivity index (χ2v) is 6.70. The number of phenolic OH excluding ortho intramolecular Hbond substituents is 1. The standard InChI is InChI=1S/C18H25N3O3/c1-13(22)19-14-5-6-16(17(23)11-14)18(24)21-10-7-15(12-21)20-8-3-2-4-9-20/h5-6,11,15,23H,2-4,7-10,12H2,1H3,(H,19,22)/t15-/m0/s1. The van der Waals surface area contributed by atoms with Gasteiger partial charge in [-0.05, 0) is 44.5 Å². The average molecular weight is 331 g/mol. The molecule has 0 spiro atoms. The molecule has 24 heavy (non-hydrogen) atoms. The lowest BCUT2D eigenvalue weighted by atomic mass is 10.1. The van der Waals surface area contributed by atoms with Gasteiger partial charge in [-0.1, -0.05) is 6.42 Å². The van der Waals surface area contributed by atoms with Gasteiger partial charge in [0.25, 0.3) is 5.91 Å². The van der Waals surface area contributed by atoms with Gasteiger partial charge >= 0.3 is 0 Å². The normalized spacial score (nSPS) is 21.7. The van der Waals surface area contributed by atoms with Crippen LogP contribution in [0.1, 0.15) is 43.0 Å². The van der Waals surface area contributed by atoms with E-state index in [2.05, 4.69) is 10.2 Å². The van der Waals surface area contributed by atoms with Crippen LogP contribution in [0, 0.1) is 0 Å². The van der Waals surface area contributed by atoms with Crippen LogP contribution in [0.5, 0.6) is 5.75 Å². The first-order valence-corrected chi connectivity index (χ1v) is 8.68. The van der Waals surface area contributed by atoms with Gasteiger partial charge in [-0.25, -0.2) is 0 Å². The predicted octanol–water partition coefficient (Wildman–Crippen LogP) is 2.05. The highest BCUT2D eigenvalue weighted by Crippen LogP contribution is 2.26. The number of nitrogens with one attached hydrogen (secondary N) is 1. The minimum Gasteiger partial charge on any atom is -0.507 e. The van der Waals surface area contributed by atoms with Gasteiger partial charge in [0.2, 0.25) is 5.91 Å².